The largest absolute Gasteiger partial charge is 0.284 e. The molecule has 0 bridgehead atoms. The van der Waals surface area contributed by atoms with E-state index < -0.39 is 11.6 Å². The van der Waals surface area contributed by atoms with Crippen LogP contribution in [-0.2, 0) is 11.3 Å². The smallest absolute Gasteiger partial charge is 0.229 e. The number of thiazole rings is 1. The average molecular weight is 476 g/mol. The molecule has 0 spiro atoms. The van der Waals surface area contributed by atoms with Crippen molar-refractivity contribution in [2.24, 2.45) is 0 Å². The lowest BCUT2D eigenvalue weighted by Crippen LogP contribution is -2.30. The molecule has 4 rings (SSSR count). The number of aromatic nitrogens is 2. The monoisotopic (exact) mass is 475 g/mol. The summed E-state index contributed by atoms with van der Waals surface area (Å²) in [5, 5.41) is 0.979. The normalized spacial score (nSPS) is 11.1. The second-order valence-corrected chi connectivity index (χ2v) is 9.24. The van der Waals surface area contributed by atoms with Gasteiger partial charge >= 0.3 is 0 Å². The lowest BCUT2D eigenvalue weighted by atomic mass is 10.2. The molecule has 2 heterocycles. The highest BCUT2D eigenvalue weighted by atomic mass is 35.5. The molecular formula is C22H16ClF2N3OS2. The van der Waals surface area contributed by atoms with Crippen LogP contribution in [-0.4, -0.2) is 21.6 Å². The molecule has 0 N–H and O–H groups in total. The molecule has 0 aliphatic carbocycles. The quantitative estimate of drug-likeness (QED) is 0.293. The Morgan fingerprint density at radius 1 is 1.16 bits per heavy atom. The van der Waals surface area contributed by atoms with Crippen LogP contribution < -0.4 is 4.90 Å². The van der Waals surface area contributed by atoms with E-state index in [1.807, 2.05) is 18.2 Å². The number of thioether (sulfide) groups is 1. The fourth-order valence-electron chi connectivity index (χ4n) is 2.92. The maximum atomic E-state index is 14.1. The van der Waals surface area contributed by atoms with Crippen molar-refractivity contribution in [1.29, 1.82) is 0 Å². The minimum atomic E-state index is -0.746. The molecule has 1 amide bonds. The van der Waals surface area contributed by atoms with E-state index in [1.54, 1.807) is 42.4 Å². The van der Waals surface area contributed by atoms with Gasteiger partial charge in [-0.05, 0) is 42.0 Å². The van der Waals surface area contributed by atoms with Crippen molar-refractivity contribution in [1.82, 2.24) is 9.97 Å². The van der Waals surface area contributed by atoms with Gasteiger partial charge in [-0.1, -0.05) is 29.0 Å². The minimum Gasteiger partial charge on any atom is -0.284 e. The molecule has 4 nitrogen and oxygen atoms in total. The van der Waals surface area contributed by atoms with Gasteiger partial charge in [-0.15, -0.1) is 11.8 Å². The number of benzene rings is 2. The Bertz CT molecular complexity index is 1200. The van der Waals surface area contributed by atoms with Gasteiger partial charge in [0.05, 0.1) is 11.2 Å². The van der Waals surface area contributed by atoms with Gasteiger partial charge in [-0.2, -0.15) is 0 Å². The van der Waals surface area contributed by atoms with Crippen LogP contribution in [0.4, 0.5) is 13.9 Å². The third kappa shape index (κ3) is 5.39. The van der Waals surface area contributed by atoms with Crippen LogP contribution in [0.3, 0.4) is 0 Å². The van der Waals surface area contributed by atoms with Crippen molar-refractivity contribution in [3.05, 3.63) is 83.1 Å². The molecule has 4 aromatic rings. The molecule has 0 saturated carbocycles. The first-order chi connectivity index (χ1) is 15.0. The number of hydrogen-bond acceptors (Lipinski definition) is 5. The zero-order valence-corrected chi connectivity index (χ0v) is 18.5. The molecule has 0 unspecified atom stereocenters. The number of halogens is 3. The van der Waals surface area contributed by atoms with E-state index in [4.69, 9.17) is 11.6 Å². The van der Waals surface area contributed by atoms with E-state index in [-0.39, 0.29) is 24.4 Å². The van der Waals surface area contributed by atoms with Gasteiger partial charge in [0, 0.05) is 40.6 Å². The van der Waals surface area contributed by atoms with Crippen molar-refractivity contribution in [3.63, 3.8) is 0 Å². The predicted octanol–water partition coefficient (Wildman–Crippen LogP) is 6.34. The zero-order chi connectivity index (χ0) is 21.8. The zero-order valence-electron chi connectivity index (χ0n) is 16.1. The van der Waals surface area contributed by atoms with Crippen LogP contribution >= 0.6 is 34.7 Å². The van der Waals surface area contributed by atoms with E-state index in [0.29, 0.717) is 20.6 Å². The first-order valence-corrected chi connectivity index (χ1v) is 11.5. The summed E-state index contributed by atoms with van der Waals surface area (Å²) in [6.07, 6.45) is 3.56. The highest BCUT2D eigenvalue weighted by Crippen LogP contribution is 2.32. The number of nitrogens with zero attached hydrogens (tertiary/aromatic N) is 3. The summed E-state index contributed by atoms with van der Waals surface area (Å²) in [6, 6.07) is 13.0. The van der Waals surface area contributed by atoms with Crippen LogP contribution in [0.25, 0.3) is 10.2 Å². The van der Waals surface area contributed by atoms with Crippen LogP contribution in [0.1, 0.15) is 12.0 Å². The Kier molecular flexibility index (Phi) is 6.80. The molecule has 158 valence electrons. The minimum absolute atomic E-state index is 0.0564. The van der Waals surface area contributed by atoms with Crippen molar-refractivity contribution in [3.8, 4) is 0 Å². The highest BCUT2D eigenvalue weighted by Gasteiger charge is 2.21. The van der Waals surface area contributed by atoms with E-state index >= 15 is 0 Å². The maximum absolute atomic E-state index is 14.1. The topological polar surface area (TPSA) is 46.1 Å². The molecule has 0 atom stereocenters. The Morgan fingerprint density at radius 2 is 1.97 bits per heavy atom. The Labute approximate surface area is 190 Å². The molecule has 31 heavy (non-hydrogen) atoms. The lowest BCUT2D eigenvalue weighted by Gasteiger charge is -2.20. The number of carbonyl (C=O) groups is 1. The van der Waals surface area contributed by atoms with Crippen molar-refractivity contribution < 1.29 is 13.6 Å². The number of carbonyl (C=O) groups excluding carboxylic acids is 1. The third-order valence-electron chi connectivity index (χ3n) is 4.40. The standard InChI is InChI=1S/C22H16ClF2N3OS2/c23-15-3-5-17(6-4-15)30-9-7-20(29)28(13-14-2-1-8-26-12-14)22-27-21-18(25)10-16(24)11-19(21)31-22/h1-6,8,10-12H,7,9,13H2. The van der Waals surface area contributed by atoms with E-state index in [1.165, 1.54) is 11.0 Å². The Balaban J connectivity index is 1.55. The highest BCUT2D eigenvalue weighted by molar-refractivity contribution is 7.99. The third-order valence-corrected chi connectivity index (χ3v) is 6.69. The van der Waals surface area contributed by atoms with Crippen molar-refractivity contribution in [2.75, 3.05) is 10.7 Å². The molecular weight excluding hydrogens is 460 g/mol. The SMILES string of the molecule is O=C(CCSc1ccc(Cl)cc1)N(Cc1cccnc1)c1nc2c(F)cc(F)cc2s1. The maximum Gasteiger partial charge on any atom is 0.229 e. The molecule has 0 aliphatic heterocycles. The van der Waals surface area contributed by atoms with Gasteiger partial charge < -0.3 is 0 Å². The number of pyridine rings is 1. The number of fused-ring (bicyclic) bond motifs is 1. The summed E-state index contributed by atoms with van der Waals surface area (Å²) >= 11 is 8.53. The molecule has 2 aromatic carbocycles. The van der Waals surface area contributed by atoms with Crippen LogP contribution in [0, 0.1) is 11.6 Å². The molecule has 2 aromatic heterocycles. The number of anilines is 1. The van der Waals surface area contributed by atoms with Crippen LogP contribution in [0.2, 0.25) is 5.02 Å². The van der Waals surface area contributed by atoms with E-state index in [9.17, 15) is 13.6 Å². The second-order valence-electron chi connectivity index (χ2n) is 6.62. The summed E-state index contributed by atoms with van der Waals surface area (Å²) in [4.78, 5) is 24.0. The van der Waals surface area contributed by atoms with E-state index in [0.717, 1.165) is 27.9 Å². The average Bonchev–Trinajstić information content (AvgIpc) is 3.18. The van der Waals surface area contributed by atoms with Crippen molar-refractivity contribution >= 4 is 56.0 Å². The summed E-state index contributed by atoms with van der Waals surface area (Å²) in [5.41, 5.74) is 0.869. The Hall–Kier alpha value is -2.55. The number of rotatable bonds is 7. The van der Waals surface area contributed by atoms with Crippen molar-refractivity contribution in [2.45, 2.75) is 17.9 Å². The molecule has 0 fully saturated rings. The molecule has 9 heteroatoms. The fourth-order valence-corrected chi connectivity index (χ4v) is 4.91. The van der Waals surface area contributed by atoms with Gasteiger partial charge in [0.2, 0.25) is 5.91 Å². The van der Waals surface area contributed by atoms with Gasteiger partial charge in [0.15, 0.2) is 10.9 Å². The van der Waals surface area contributed by atoms with Gasteiger partial charge in [-0.3, -0.25) is 14.7 Å². The summed E-state index contributed by atoms with van der Waals surface area (Å²) in [7, 11) is 0. The lowest BCUT2D eigenvalue weighted by molar-refractivity contribution is -0.118. The van der Waals surface area contributed by atoms with Gasteiger partial charge in [-0.25, -0.2) is 13.8 Å². The molecule has 0 saturated heterocycles. The molecule has 0 aliphatic rings. The number of amides is 1. The first kappa shape index (κ1) is 21.7. The first-order valence-electron chi connectivity index (χ1n) is 9.33. The molecule has 0 radical (unpaired) electrons. The van der Waals surface area contributed by atoms with Gasteiger partial charge in [0.25, 0.3) is 0 Å². The predicted molar refractivity (Wildman–Crippen MR) is 122 cm³/mol. The Morgan fingerprint density at radius 3 is 2.71 bits per heavy atom. The van der Waals surface area contributed by atoms with Crippen LogP contribution in [0.15, 0.2) is 65.8 Å². The second kappa shape index (κ2) is 9.72. The van der Waals surface area contributed by atoms with Gasteiger partial charge in [0.1, 0.15) is 11.3 Å². The summed E-state index contributed by atoms with van der Waals surface area (Å²) in [6.45, 7) is 0.238. The summed E-state index contributed by atoms with van der Waals surface area (Å²) in [5.74, 6) is -1.03. The number of hydrogen-bond donors (Lipinski definition) is 0. The fraction of sp³-hybridized carbons (Fsp3) is 0.136. The summed E-state index contributed by atoms with van der Waals surface area (Å²) < 4.78 is 28.1. The van der Waals surface area contributed by atoms with E-state index in [2.05, 4.69) is 9.97 Å². The van der Waals surface area contributed by atoms with Crippen LogP contribution in [0.5, 0.6) is 0 Å².